The summed E-state index contributed by atoms with van der Waals surface area (Å²) >= 11 is 5.39. The number of nitrogens with one attached hydrogen (secondary N) is 1. The molecule has 3 rings (SSSR count). The summed E-state index contributed by atoms with van der Waals surface area (Å²) in [6.45, 7) is 1.66. The van der Waals surface area contributed by atoms with Crippen LogP contribution in [0, 0.1) is 6.92 Å². The number of aromatic nitrogens is 2. The van der Waals surface area contributed by atoms with Gasteiger partial charge in [0.1, 0.15) is 4.21 Å². The van der Waals surface area contributed by atoms with Crippen molar-refractivity contribution < 1.29 is 17.9 Å². The predicted octanol–water partition coefficient (Wildman–Crippen LogP) is 3.25. The van der Waals surface area contributed by atoms with Crippen LogP contribution in [0.25, 0.3) is 10.4 Å². The highest BCUT2D eigenvalue weighted by atomic mass is 79.9. The number of hydrogen-bond donors (Lipinski definition) is 2. The van der Waals surface area contributed by atoms with Crippen LogP contribution in [0.2, 0.25) is 0 Å². The van der Waals surface area contributed by atoms with Crippen LogP contribution in [0.4, 0.5) is 5.13 Å². The van der Waals surface area contributed by atoms with Gasteiger partial charge in [0.25, 0.3) is 5.91 Å². The second kappa shape index (κ2) is 7.64. The zero-order valence-electron chi connectivity index (χ0n) is 14.0. The molecular weight excluding hydrogens is 476 g/mol. The number of carbonyl (C=O) groups excluding carboxylic acids is 1. The number of hydrogen-bond acceptors (Lipinski definition) is 8. The molecule has 0 unspecified atom stereocenters. The molecule has 0 fully saturated rings. The van der Waals surface area contributed by atoms with Crippen molar-refractivity contribution in [2.24, 2.45) is 5.14 Å². The van der Waals surface area contributed by atoms with Crippen LogP contribution in [-0.4, -0.2) is 31.4 Å². The van der Waals surface area contributed by atoms with E-state index < -0.39 is 15.9 Å². The molecule has 0 aromatic carbocycles. The first-order chi connectivity index (χ1) is 12.7. The van der Waals surface area contributed by atoms with E-state index in [1.165, 1.54) is 24.6 Å². The highest BCUT2D eigenvalue weighted by Gasteiger charge is 2.28. The molecule has 142 valence electrons. The number of methoxy groups -OCH3 is 1. The van der Waals surface area contributed by atoms with Gasteiger partial charge < -0.3 is 4.74 Å². The molecule has 0 saturated heterocycles. The van der Waals surface area contributed by atoms with Crippen LogP contribution >= 0.6 is 38.6 Å². The van der Waals surface area contributed by atoms with Gasteiger partial charge >= 0.3 is 0 Å². The quantitative estimate of drug-likeness (QED) is 0.567. The van der Waals surface area contributed by atoms with Crippen molar-refractivity contribution >= 4 is 59.7 Å². The molecule has 3 aromatic heterocycles. The zero-order valence-corrected chi connectivity index (χ0v) is 18.1. The van der Waals surface area contributed by atoms with Gasteiger partial charge in [0.05, 0.1) is 22.7 Å². The molecule has 0 aliphatic carbocycles. The van der Waals surface area contributed by atoms with Gasteiger partial charge in [-0.2, -0.15) is 0 Å². The molecule has 0 atom stereocenters. The number of thiazole rings is 1. The fourth-order valence-corrected chi connectivity index (χ4v) is 5.71. The van der Waals surface area contributed by atoms with E-state index in [-0.39, 0.29) is 9.77 Å². The van der Waals surface area contributed by atoms with E-state index in [0.717, 1.165) is 15.1 Å². The number of rotatable bonds is 5. The average Bonchev–Trinajstić information content (AvgIpc) is 3.17. The molecule has 8 nitrogen and oxygen atoms in total. The standard InChI is InChI=1S/C15H13BrN4O4S3/c1-7-11(13(21)20-15-19-6-9(16)25-15)14(27(17,22)23)26-12(7)8-3-4-10(24-2)18-5-8/h3-6H,1-2H3,(H2,17,22,23)(H,19,20,21). The van der Waals surface area contributed by atoms with Crippen molar-refractivity contribution in [1.82, 2.24) is 9.97 Å². The van der Waals surface area contributed by atoms with E-state index in [4.69, 9.17) is 9.88 Å². The van der Waals surface area contributed by atoms with Gasteiger partial charge in [-0.15, -0.1) is 11.3 Å². The zero-order chi connectivity index (χ0) is 19.8. The molecule has 3 N–H and O–H groups in total. The molecule has 0 aliphatic rings. The molecule has 0 spiro atoms. The maximum atomic E-state index is 12.7. The Morgan fingerprint density at radius 3 is 2.52 bits per heavy atom. The minimum Gasteiger partial charge on any atom is -0.481 e. The summed E-state index contributed by atoms with van der Waals surface area (Å²) in [5.74, 6) is -0.172. The second-order valence-corrected chi connectivity index (χ2v) is 10.5. The highest BCUT2D eigenvalue weighted by Crippen LogP contribution is 2.39. The number of sulfonamides is 1. The van der Waals surface area contributed by atoms with Crippen molar-refractivity contribution in [2.75, 3.05) is 12.4 Å². The van der Waals surface area contributed by atoms with Crippen LogP contribution in [0.3, 0.4) is 0 Å². The lowest BCUT2D eigenvalue weighted by Gasteiger charge is -2.05. The van der Waals surface area contributed by atoms with Crippen molar-refractivity contribution in [1.29, 1.82) is 0 Å². The van der Waals surface area contributed by atoms with Crippen LogP contribution in [0.5, 0.6) is 5.88 Å². The molecule has 1 amide bonds. The minimum atomic E-state index is -4.10. The van der Waals surface area contributed by atoms with Crippen LogP contribution in [0.1, 0.15) is 15.9 Å². The summed E-state index contributed by atoms with van der Waals surface area (Å²) in [7, 11) is -2.60. The lowest BCUT2D eigenvalue weighted by atomic mass is 10.1. The van der Waals surface area contributed by atoms with Crippen molar-refractivity contribution in [2.45, 2.75) is 11.1 Å². The Balaban J connectivity index is 2.08. The Kier molecular flexibility index (Phi) is 5.63. The van der Waals surface area contributed by atoms with Gasteiger partial charge in [0, 0.05) is 22.7 Å². The molecule has 3 aromatic rings. The van der Waals surface area contributed by atoms with E-state index in [0.29, 0.717) is 27.0 Å². The Labute approximate surface area is 171 Å². The number of ether oxygens (including phenoxy) is 1. The molecular formula is C15H13BrN4O4S3. The number of nitrogens with zero attached hydrogens (tertiary/aromatic N) is 2. The monoisotopic (exact) mass is 488 g/mol. The third-order valence-corrected chi connectivity index (χ3v) is 7.70. The van der Waals surface area contributed by atoms with Gasteiger partial charge in [-0.05, 0) is 34.5 Å². The third kappa shape index (κ3) is 4.19. The largest absolute Gasteiger partial charge is 0.481 e. The maximum absolute atomic E-state index is 12.7. The Morgan fingerprint density at radius 1 is 1.26 bits per heavy atom. The second-order valence-electron chi connectivity index (χ2n) is 5.28. The molecule has 27 heavy (non-hydrogen) atoms. The topological polar surface area (TPSA) is 124 Å². The number of pyridine rings is 1. The molecule has 12 heteroatoms. The number of anilines is 1. The summed E-state index contributed by atoms with van der Waals surface area (Å²) in [5, 5.41) is 8.29. The Morgan fingerprint density at radius 2 is 2.00 bits per heavy atom. The first-order valence-electron chi connectivity index (χ1n) is 7.30. The van der Waals surface area contributed by atoms with Gasteiger partial charge in [-0.3, -0.25) is 10.1 Å². The molecule has 0 bridgehead atoms. The fourth-order valence-electron chi connectivity index (χ4n) is 2.33. The summed E-state index contributed by atoms with van der Waals surface area (Å²) in [6.07, 6.45) is 3.08. The molecule has 0 radical (unpaired) electrons. The molecule has 0 aliphatic heterocycles. The van der Waals surface area contributed by atoms with Crippen LogP contribution in [-0.2, 0) is 10.0 Å². The fraction of sp³-hybridized carbons (Fsp3) is 0.133. The van der Waals surface area contributed by atoms with E-state index in [2.05, 4.69) is 31.2 Å². The smallest absolute Gasteiger partial charge is 0.259 e. The summed E-state index contributed by atoms with van der Waals surface area (Å²) in [6, 6.07) is 3.38. The van der Waals surface area contributed by atoms with Crippen LogP contribution < -0.4 is 15.2 Å². The average molecular weight is 489 g/mol. The summed E-state index contributed by atoms with van der Waals surface area (Å²) < 4.78 is 29.7. The predicted molar refractivity (Wildman–Crippen MR) is 108 cm³/mol. The number of amides is 1. The Hall–Kier alpha value is -1.86. The Bertz CT molecular complexity index is 1110. The number of primary sulfonamides is 1. The van der Waals surface area contributed by atoms with Gasteiger partial charge in [-0.25, -0.2) is 23.5 Å². The highest BCUT2D eigenvalue weighted by molar-refractivity contribution is 9.11. The first kappa shape index (κ1) is 19.9. The van der Waals surface area contributed by atoms with E-state index in [1.807, 2.05) is 0 Å². The lowest BCUT2D eigenvalue weighted by Crippen LogP contribution is -2.19. The maximum Gasteiger partial charge on any atom is 0.259 e. The van der Waals surface area contributed by atoms with Crippen molar-refractivity contribution in [3.8, 4) is 16.3 Å². The van der Waals surface area contributed by atoms with E-state index >= 15 is 0 Å². The van der Waals surface area contributed by atoms with E-state index in [1.54, 1.807) is 25.3 Å². The minimum absolute atomic E-state index is 0.000333. The lowest BCUT2D eigenvalue weighted by molar-refractivity contribution is 0.102. The summed E-state index contributed by atoms with van der Waals surface area (Å²) in [4.78, 5) is 21.5. The van der Waals surface area contributed by atoms with Crippen molar-refractivity contribution in [3.63, 3.8) is 0 Å². The van der Waals surface area contributed by atoms with Gasteiger partial charge in [0.2, 0.25) is 15.9 Å². The van der Waals surface area contributed by atoms with Gasteiger partial charge in [-0.1, -0.05) is 11.3 Å². The number of halogens is 1. The first-order valence-corrected chi connectivity index (χ1v) is 11.3. The van der Waals surface area contributed by atoms with Crippen LogP contribution in [0.15, 0.2) is 32.5 Å². The summed E-state index contributed by atoms with van der Waals surface area (Å²) in [5.41, 5.74) is 1.14. The molecule has 3 heterocycles. The normalized spacial score (nSPS) is 11.4. The van der Waals surface area contributed by atoms with E-state index in [9.17, 15) is 13.2 Å². The van der Waals surface area contributed by atoms with Gasteiger partial charge in [0.15, 0.2) is 5.13 Å². The number of nitrogens with two attached hydrogens (primary N) is 1. The number of carbonyl (C=O) groups is 1. The van der Waals surface area contributed by atoms with Crippen molar-refractivity contribution in [3.05, 3.63) is 39.4 Å². The molecule has 0 saturated carbocycles. The SMILES string of the molecule is COc1ccc(-c2sc(S(N)(=O)=O)c(C(=O)Nc3ncc(Br)s3)c2C)cn1. The third-order valence-electron chi connectivity index (χ3n) is 3.51. The number of thiophene rings is 1.